The summed E-state index contributed by atoms with van der Waals surface area (Å²) in [6.07, 6.45) is 9.07. The number of rotatable bonds is 12. The van der Waals surface area contributed by atoms with Crippen molar-refractivity contribution in [1.29, 1.82) is 0 Å². The van der Waals surface area contributed by atoms with E-state index in [0.29, 0.717) is 12.1 Å². The van der Waals surface area contributed by atoms with E-state index < -0.39 is 0 Å². The van der Waals surface area contributed by atoms with Gasteiger partial charge in [0, 0.05) is 31.7 Å². The van der Waals surface area contributed by atoms with Crippen LogP contribution in [0.1, 0.15) is 63.4 Å². The highest BCUT2D eigenvalue weighted by molar-refractivity contribution is 5.62. The number of likely N-dealkylation sites (tertiary alicyclic amines) is 2. The van der Waals surface area contributed by atoms with Crippen molar-refractivity contribution in [2.45, 2.75) is 76.5 Å². The van der Waals surface area contributed by atoms with Crippen molar-refractivity contribution in [2.75, 3.05) is 44.6 Å². The Labute approximate surface area is 191 Å². The second-order valence-corrected chi connectivity index (χ2v) is 9.34. The molecular formula is C24H40N4O4. The van der Waals surface area contributed by atoms with E-state index in [1.165, 1.54) is 19.3 Å². The SMILES string of the molecule is O=[N+]([O-])c1cc(CN2CCCCC2)ccc1NCCCCCCN1CCC(O)CC1CO. The summed E-state index contributed by atoms with van der Waals surface area (Å²) in [4.78, 5) is 16.0. The Balaban J connectivity index is 1.36. The van der Waals surface area contributed by atoms with Gasteiger partial charge in [-0.1, -0.05) is 25.3 Å². The van der Waals surface area contributed by atoms with Gasteiger partial charge in [-0.15, -0.1) is 0 Å². The van der Waals surface area contributed by atoms with Crippen molar-refractivity contribution in [3.8, 4) is 0 Å². The first-order chi connectivity index (χ1) is 15.6. The topological polar surface area (TPSA) is 102 Å². The van der Waals surface area contributed by atoms with Gasteiger partial charge in [0.25, 0.3) is 5.69 Å². The number of nitrogens with zero attached hydrogens (tertiary/aromatic N) is 3. The summed E-state index contributed by atoms with van der Waals surface area (Å²) in [6.45, 7) is 5.58. The van der Waals surface area contributed by atoms with E-state index in [-0.39, 0.29) is 29.4 Å². The Kier molecular flexibility index (Phi) is 10.2. The third-order valence-corrected chi connectivity index (χ3v) is 6.82. The van der Waals surface area contributed by atoms with Crippen LogP contribution in [-0.4, -0.2) is 76.4 Å². The zero-order valence-electron chi connectivity index (χ0n) is 19.3. The maximum Gasteiger partial charge on any atom is 0.292 e. The van der Waals surface area contributed by atoms with E-state index in [1.807, 2.05) is 12.1 Å². The minimum absolute atomic E-state index is 0.0823. The molecule has 2 aliphatic heterocycles. The van der Waals surface area contributed by atoms with Gasteiger partial charge in [-0.25, -0.2) is 0 Å². The quantitative estimate of drug-likeness (QED) is 0.256. The lowest BCUT2D eigenvalue weighted by atomic mass is 9.99. The largest absolute Gasteiger partial charge is 0.395 e. The molecule has 2 heterocycles. The van der Waals surface area contributed by atoms with Gasteiger partial charge in [0.1, 0.15) is 5.69 Å². The Bertz CT molecular complexity index is 711. The minimum atomic E-state index is -0.283. The molecule has 0 bridgehead atoms. The van der Waals surface area contributed by atoms with E-state index >= 15 is 0 Å². The van der Waals surface area contributed by atoms with Crippen molar-refractivity contribution < 1.29 is 15.1 Å². The molecule has 3 N–H and O–H groups in total. The fourth-order valence-corrected chi connectivity index (χ4v) is 4.93. The summed E-state index contributed by atoms with van der Waals surface area (Å²) < 4.78 is 0. The van der Waals surface area contributed by atoms with Gasteiger partial charge in [-0.05, 0) is 69.8 Å². The predicted octanol–water partition coefficient (Wildman–Crippen LogP) is 3.37. The number of unbranched alkanes of at least 4 members (excludes halogenated alkanes) is 3. The van der Waals surface area contributed by atoms with Gasteiger partial charge in [-0.3, -0.25) is 19.9 Å². The monoisotopic (exact) mass is 448 g/mol. The molecular weight excluding hydrogens is 408 g/mol. The van der Waals surface area contributed by atoms with Crippen LogP contribution in [0.2, 0.25) is 0 Å². The van der Waals surface area contributed by atoms with Crippen molar-refractivity contribution in [1.82, 2.24) is 9.80 Å². The number of benzene rings is 1. The third-order valence-electron chi connectivity index (χ3n) is 6.82. The van der Waals surface area contributed by atoms with Crippen LogP contribution in [0.4, 0.5) is 11.4 Å². The smallest absolute Gasteiger partial charge is 0.292 e. The molecule has 3 rings (SSSR count). The predicted molar refractivity (Wildman–Crippen MR) is 127 cm³/mol. The van der Waals surface area contributed by atoms with Crippen LogP contribution in [0.15, 0.2) is 18.2 Å². The minimum Gasteiger partial charge on any atom is -0.395 e. The van der Waals surface area contributed by atoms with E-state index in [4.69, 9.17) is 0 Å². The number of aliphatic hydroxyl groups excluding tert-OH is 2. The summed E-state index contributed by atoms with van der Waals surface area (Å²) in [5, 5.41) is 34.1. The summed E-state index contributed by atoms with van der Waals surface area (Å²) in [7, 11) is 0. The van der Waals surface area contributed by atoms with Gasteiger partial charge in [-0.2, -0.15) is 0 Å². The highest BCUT2D eigenvalue weighted by Crippen LogP contribution is 2.27. The highest BCUT2D eigenvalue weighted by Gasteiger charge is 2.26. The lowest BCUT2D eigenvalue weighted by molar-refractivity contribution is -0.384. The fourth-order valence-electron chi connectivity index (χ4n) is 4.93. The maximum absolute atomic E-state index is 11.6. The van der Waals surface area contributed by atoms with Crippen LogP contribution in [0, 0.1) is 10.1 Å². The zero-order valence-corrected chi connectivity index (χ0v) is 19.3. The van der Waals surface area contributed by atoms with E-state index in [9.17, 15) is 20.3 Å². The van der Waals surface area contributed by atoms with Crippen molar-refractivity contribution >= 4 is 11.4 Å². The lowest BCUT2D eigenvalue weighted by Crippen LogP contribution is -2.46. The van der Waals surface area contributed by atoms with E-state index in [2.05, 4.69) is 15.1 Å². The van der Waals surface area contributed by atoms with Crippen molar-refractivity contribution in [3.05, 3.63) is 33.9 Å². The van der Waals surface area contributed by atoms with Crippen LogP contribution in [0.25, 0.3) is 0 Å². The molecule has 0 aromatic heterocycles. The number of hydrogen-bond acceptors (Lipinski definition) is 7. The van der Waals surface area contributed by atoms with Crippen LogP contribution >= 0.6 is 0 Å². The molecule has 0 aliphatic carbocycles. The number of nitro benzene ring substituents is 1. The molecule has 8 nitrogen and oxygen atoms in total. The van der Waals surface area contributed by atoms with E-state index in [0.717, 1.165) is 76.9 Å². The molecule has 1 aromatic rings. The summed E-state index contributed by atoms with van der Waals surface area (Å²) in [6, 6.07) is 5.68. The number of piperidine rings is 2. The van der Waals surface area contributed by atoms with Crippen LogP contribution in [0.5, 0.6) is 0 Å². The molecule has 2 fully saturated rings. The van der Waals surface area contributed by atoms with Gasteiger partial charge in [0.2, 0.25) is 0 Å². The number of hydrogen-bond donors (Lipinski definition) is 3. The van der Waals surface area contributed by atoms with Crippen molar-refractivity contribution in [2.24, 2.45) is 0 Å². The molecule has 180 valence electrons. The number of nitrogens with one attached hydrogen (secondary N) is 1. The second-order valence-electron chi connectivity index (χ2n) is 9.34. The number of anilines is 1. The lowest BCUT2D eigenvalue weighted by Gasteiger charge is -2.36. The molecule has 2 unspecified atom stereocenters. The molecule has 0 spiro atoms. The zero-order chi connectivity index (χ0) is 22.8. The second kappa shape index (κ2) is 13.1. The normalized spacial score (nSPS) is 22.7. The van der Waals surface area contributed by atoms with Crippen LogP contribution in [0.3, 0.4) is 0 Å². The molecule has 0 radical (unpaired) electrons. The Morgan fingerprint density at radius 3 is 2.62 bits per heavy atom. The van der Waals surface area contributed by atoms with Crippen molar-refractivity contribution in [3.63, 3.8) is 0 Å². The molecule has 2 aliphatic rings. The van der Waals surface area contributed by atoms with Gasteiger partial charge in [0.15, 0.2) is 0 Å². The van der Waals surface area contributed by atoms with Crippen LogP contribution in [-0.2, 0) is 6.54 Å². The standard InChI is InChI=1S/C24H40N4O4/c29-19-21-17-22(30)10-15-27(21)14-7-2-1-4-11-25-23-9-8-20(16-24(23)28(31)32)18-26-12-5-3-6-13-26/h8-9,16,21-22,25,29-30H,1-7,10-15,17-19H2. The molecule has 2 saturated heterocycles. The first-order valence-electron chi connectivity index (χ1n) is 12.3. The average molecular weight is 449 g/mol. The summed E-state index contributed by atoms with van der Waals surface area (Å²) in [5.41, 5.74) is 1.78. The summed E-state index contributed by atoms with van der Waals surface area (Å²) in [5.74, 6) is 0. The van der Waals surface area contributed by atoms with E-state index in [1.54, 1.807) is 6.07 Å². The third kappa shape index (κ3) is 7.69. The van der Waals surface area contributed by atoms with Gasteiger partial charge < -0.3 is 15.5 Å². The molecule has 32 heavy (non-hydrogen) atoms. The highest BCUT2D eigenvalue weighted by atomic mass is 16.6. The van der Waals surface area contributed by atoms with Gasteiger partial charge >= 0.3 is 0 Å². The molecule has 1 aromatic carbocycles. The summed E-state index contributed by atoms with van der Waals surface area (Å²) >= 11 is 0. The first kappa shape index (κ1) is 24.9. The fraction of sp³-hybridized carbons (Fsp3) is 0.750. The molecule has 2 atom stereocenters. The number of nitro groups is 1. The molecule has 8 heteroatoms. The Morgan fingerprint density at radius 1 is 1.09 bits per heavy atom. The maximum atomic E-state index is 11.6. The van der Waals surface area contributed by atoms with Gasteiger partial charge in [0.05, 0.1) is 17.6 Å². The van der Waals surface area contributed by atoms with Crippen LogP contribution < -0.4 is 5.32 Å². The first-order valence-corrected chi connectivity index (χ1v) is 12.3. The Hall–Kier alpha value is -1.74. The molecule has 0 saturated carbocycles. The average Bonchev–Trinajstić information content (AvgIpc) is 2.80. The Morgan fingerprint density at radius 2 is 1.88 bits per heavy atom. The molecule has 0 amide bonds. The number of aliphatic hydroxyl groups is 2.